The van der Waals surface area contributed by atoms with E-state index in [-0.39, 0.29) is 23.5 Å². The van der Waals surface area contributed by atoms with Crippen molar-refractivity contribution in [3.63, 3.8) is 0 Å². The fourth-order valence-corrected chi connectivity index (χ4v) is 5.21. The molecule has 42 heavy (non-hydrogen) atoms. The topological polar surface area (TPSA) is 128 Å². The van der Waals surface area contributed by atoms with Crippen LogP contribution in [0.25, 0.3) is 11.3 Å². The van der Waals surface area contributed by atoms with Gasteiger partial charge in [0.1, 0.15) is 0 Å². The maximum Gasteiger partial charge on any atom is 0.273 e. The first-order chi connectivity index (χ1) is 20.1. The smallest absolute Gasteiger partial charge is 0.273 e. The summed E-state index contributed by atoms with van der Waals surface area (Å²) in [5, 5.41) is 19.2. The van der Waals surface area contributed by atoms with E-state index in [2.05, 4.69) is 68.0 Å². The van der Waals surface area contributed by atoms with Crippen LogP contribution in [0.4, 0.5) is 11.6 Å². The van der Waals surface area contributed by atoms with E-state index in [9.17, 15) is 4.79 Å². The maximum atomic E-state index is 13.3. The first-order valence-corrected chi connectivity index (χ1v) is 14.5. The number of carbonyl (C=O) groups is 1. The Balaban J connectivity index is 1.26. The third kappa shape index (κ3) is 5.90. The molecular formula is C30H38N10O2. The van der Waals surface area contributed by atoms with Crippen molar-refractivity contribution in [1.29, 1.82) is 0 Å². The molecular weight excluding hydrogens is 532 g/mol. The number of fused-ring (bicyclic) bond motifs is 1. The van der Waals surface area contributed by atoms with E-state index in [1.807, 2.05) is 37.7 Å². The molecule has 5 heterocycles. The highest BCUT2D eigenvalue weighted by Gasteiger charge is 2.32. The lowest BCUT2D eigenvalue weighted by Crippen LogP contribution is -2.48. The van der Waals surface area contributed by atoms with E-state index in [0.29, 0.717) is 17.7 Å². The van der Waals surface area contributed by atoms with Crippen molar-refractivity contribution in [3.05, 3.63) is 65.9 Å². The van der Waals surface area contributed by atoms with E-state index in [1.165, 1.54) is 0 Å². The summed E-state index contributed by atoms with van der Waals surface area (Å²) in [6.07, 6.45) is 7.97. The zero-order valence-corrected chi connectivity index (χ0v) is 24.8. The van der Waals surface area contributed by atoms with Gasteiger partial charge in [0, 0.05) is 37.1 Å². The molecule has 2 N–H and O–H groups in total. The van der Waals surface area contributed by atoms with Gasteiger partial charge in [-0.1, -0.05) is 17.3 Å². The molecule has 0 saturated carbocycles. The SMILES string of the molecule is CC(C)n1cc(Nc2nccc(-c3ccc4c(c3)CN(C3COC3)CC[C@@H]4NC(=O)c3cn(C(C)(C)C)nn3)n2)cn1. The fourth-order valence-electron chi connectivity index (χ4n) is 5.21. The molecule has 3 aromatic heterocycles. The van der Waals surface area contributed by atoms with E-state index in [0.717, 1.165) is 60.8 Å². The molecule has 12 heteroatoms. The van der Waals surface area contributed by atoms with Gasteiger partial charge in [-0.15, -0.1) is 5.10 Å². The number of hydrogen-bond acceptors (Lipinski definition) is 9. The Bertz CT molecular complexity index is 1570. The summed E-state index contributed by atoms with van der Waals surface area (Å²) < 4.78 is 9.11. The third-order valence-corrected chi connectivity index (χ3v) is 7.79. The van der Waals surface area contributed by atoms with Crippen LogP contribution in [0.5, 0.6) is 0 Å². The highest BCUT2D eigenvalue weighted by atomic mass is 16.5. The highest BCUT2D eigenvalue weighted by Crippen LogP contribution is 2.32. The number of nitrogens with one attached hydrogen (secondary N) is 2. The van der Waals surface area contributed by atoms with Gasteiger partial charge < -0.3 is 15.4 Å². The molecule has 12 nitrogen and oxygen atoms in total. The normalized spacial score (nSPS) is 17.9. The molecule has 2 aliphatic rings. The molecule has 1 fully saturated rings. The van der Waals surface area contributed by atoms with Crippen molar-refractivity contribution >= 4 is 17.5 Å². The van der Waals surface area contributed by atoms with Crippen LogP contribution in [0.15, 0.2) is 49.1 Å². The van der Waals surface area contributed by atoms with Crippen LogP contribution in [0.1, 0.15) is 74.7 Å². The molecule has 1 atom stereocenters. The second-order valence-electron chi connectivity index (χ2n) is 12.3. The zero-order chi connectivity index (χ0) is 29.4. The second-order valence-corrected chi connectivity index (χ2v) is 12.3. The first kappa shape index (κ1) is 28.0. The number of amides is 1. The van der Waals surface area contributed by atoms with Gasteiger partial charge in [0.25, 0.3) is 5.91 Å². The molecule has 0 bridgehead atoms. The Hall–Kier alpha value is -4.16. The average Bonchev–Trinajstić information content (AvgIpc) is 3.57. The fraction of sp³-hybridized carbons (Fsp3) is 0.467. The van der Waals surface area contributed by atoms with E-state index >= 15 is 0 Å². The van der Waals surface area contributed by atoms with Gasteiger partial charge in [0.05, 0.1) is 54.6 Å². The largest absolute Gasteiger partial charge is 0.378 e. The van der Waals surface area contributed by atoms with Crippen molar-refractivity contribution in [3.8, 4) is 11.3 Å². The number of rotatable bonds is 7. The van der Waals surface area contributed by atoms with Gasteiger partial charge in [-0.3, -0.25) is 14.4 Å². The van der Waals surface area contributed by atoms with Crippen LogP contribution in [0, 0.1) is 0 Å². The first-order valence-electron chi connectivity index (χ1n) is 14.5. The number of aromatic nitrogens is 7. The quantitative estimate of drug-likeness (QED) is 0.338. The maximum absolute atomic E-state index is 13.3. The van der Waals surface area contributed by atoms with Gasteiger partial charge in [-0.25, -0.2) is 14.6 Å². The number of anilines is 2. The second kappa shape index (κ2) is 11.3. The Morgan fingerprint density at radius 2 is 1.98 bits per heavy atom. The molecule has 1 saturated heterocycles. The minimum absolute atomic E-state index is 0.160. The number of benzene rings is 1. The lowest BCUT2D eigenvalue weighted by atomic mass is 9.96. The summed E-state index contributed by atoms with van der Waals surface area (Å²) in [6.45, 7) is 13.3. The molecule has 0 spiro atoms. The predicted molar refractivity (Wildman–Crippen MR) is 158 cm³/mol. The highest BCUT2D eigenvalue weighted by molar-refractivity contribution is 5.92. The minimum atomic E-state index is -0.255. The van der Waals surface area contributed by atoms with E-state index in [4.69, 9.17) is 9.72 Å². The lowest BCUT2D eigenvalue weighted by molar-refractivity contribution is -0.0678. The molecule has 0 aliphatic carbocycles. The zero-order valence-electron chi connectivity index (χ0n) is 24.8. The van der Waals surface area contributed by atoms with Gasteiger partial charge >= 0.3 is 0 Å². The average molecular weight is 571 g/mol. The summed E-state index contributed by atoms with van der Waals surface area (Å²) in [6, 6.07) is 8.77. The standard InChI is InChI=1S/C30H38N10O2/c1-19(2)39-15-22(13-32-39)33-29-31-10-8-25(35-29)20-6-7-24-21(12-20)14-38(23-17-42-18-23)11-9-26(24)34-28(41)27-16-40(37-36-27)30(3,4)5/h6-8,10,12-13,15-16,19,23,26H,9,11,14,17-18H2,1-5H3,(H,34,41)(H,31,33,35)/t26-/m0/s1. The number of carbonyl (C=O) groups excluding carboxylic acids is 1. The van der Waals surface area contributed by atoms with Crippen molar-refractivity contribution in [2.75, 3.05) is 25.1 Å². The molecule has 1 aromatic carbocycles. The number of hydrogen-bond donors (Lipinski definition) is 2. The van der Waals surface area contributed by atoms with Crippen molar-refractivity contribution in [2.45, 2.75) is 71.2 Å². The van der Waals surface area contributed by atoms with Crippen LogP contribution in [-0.4, -0.2) is 71.3 Å². The van der Waals surface area contributed by atoms with Crippen LogP contribution in [0.3, 0.4) is 0 Å². The summed E-state index contributed by atoms with van der Waals surface area (Å²) in [4.78, 5) is 24.9. The monoisotopic (exact) mass is 570 g/mol. The number of nitrogens with zero attached hydrogens (tertiary/aromatic N) is 8. The molecule has 0 radical (unpaired) electrons. The minimum Gasteiger partial charge on any atom is -0.378 e. The summed E-state index contributed by atoms with van der Waals surface area (Å²) >= 11 is 0. The third-order valence-electron chi connectivity index (χ3n) is 7.79. The van der Waals surface area contributed by atoms with E-state index in [1.54, 1.807) is 23.3 Å². The Kier molecular flexibility index (Phi) is 7.50. The van der Waals surface area contributed by atoms with Crippen molar-refractivity contribution in [1.82, 2.24) is 45.0 Å². The molecule has 0 unspecified atom stereocenters. The van der Waals surface area contributed by atoms with Crippen molar-refractivity contribution in [2.24, 2.45) is 0 Å². The summed E-state index contributed by atoms with van der Waals surface area (Å²) in [7, 11) is 0. The van der Waals surface area contributed by atoms with Crippen LogP contribution in [-0.2, 0) is 16.8 Å². The lowest BCUT2D eigenvalue weighted by Gasteiger charge is -2.36. The van der Waals surface area contributed by atoms with Gasteiger partial charge in [-0.2, -0.15) is 5.10 Å². The van der Waals surface area contributed by atoms with Crippen LogP contribution >= 0.6 is 0 Å². The van der Waals surface area contributed by atoms with Crippen molar-refractivity contribution < 1.29 is 9.53 Å². The van der Waals surface area contributed by atoms with Gasteiger partial charge in [0.2, 0.25) is 5.95 Å². The van der Waals surface area contributed by atoms with Gasteiger partial charge in [0.15, 0.2) is 5.69 Å². The Labute approximate surface area is 245 Å². The Morgan fingerprint density at radius 1 is 1.14 bits per heavy atom. The molecule has 1 amide bonds. The summed E-state index contributed by atoms with van der Waals surface area (Å²) in [5.41, 5.74) is 4.96. The molecule has 6 rings (SSSR count). The van der Waals surface area contributed by atoms with Crippen LogP contribution in [0.2, 0.25) is 0 Å². The Morgan fingerprint density at radius 3 is 2.67 bits per heavy atom. The molecule has 4 aromatic rings. The summed E-state index contributed by atoms with van der Waals surface area (Å²) in [5.74, 6) is 0.283. The predicted octanol–water partition coefficient (Wildman–Crippen LogP) is 4.09. The number of ether oxygens (including phenoxy) is 1. The van der Waals surface area contributed by atoms with Crippen LogP contribution < -0.4 is 10.6 Å². The molecule has 2 aliphatic heterocycles. The van der Waals surface area contributed by atoms with E-state index < -0.39 is 0 Å². The molecule has 220 valence electrons. The van der Waals surface area contributed by atoms with Gasteiger partial charge in [-0.05, 0) is 64.3 Å².